The fourth-order valence-corrected chi connectivity index (χ4v) is 3.27. The predicted molar refractivity (Wildman–Crippen MR) is 85.8 cm³/mol. The SMILES string of the molecule is CCCCCS(=O)(=O)CCC(=O)Nc1cccc(CN)c1. The molecule has 0 fully saturated rings. The Labute approximate surface area is 126 Å². The summed E-state index contributed by atoms with van der Waals surface area (Å²) in [4.78, 5) is 11.8. The third kappa shape index (κ3) is 7.24. The van der Waals surface area contributed by atoms with E-state index in [1.54, 1.807) is 18.2 Å². The maximum atomic E-state index is 11.8. The Balaban J connectivity index is 2.43. The molecule has 21 heavy (non-hydrogen) atoms. The van der Waals surface area contributed by atoms with E-state index in [2.05, 4.69) is 5.32 Å². The Morgan fingerprint density at radius 3 is 2.67 bits per heavy atom. The number of sulfone groups is 1. The number of unbranched alkanes of at least 4 members (excludes halogenated alkanes) is 2. The molecule has 0 saturated heterocycles. The molecule has 0 atom stereocenters. The minimum absolute atomic E-state index is 0.0126. The number of amides is 1. The molecule has 1 amide bonds. The number of nitrogens with two attached hydrogens (primary N) is 1. The number of carbonyl (C=O) groups excluding carboxylic acids is 1. The Bertz CT molecular complexity index is 556. The molecule has 1 aromatic carbocycles. The Morgan fingerprint density at radius 2 is 2.00 bits per heavy atom. The standard InChI is InChI=1S/C15H24N2O3S/c1-2-3-4-9-21(19,20)10-8-15(18)17-14-7-5-6-13(11-14)12-16/h5-7,11H,2-4,8-10,12,16H2,1H3,(H,17,18). The summed E-state index contributed by atoms with van der Waals surface area (Å²) in [6.45, 7) is 2.42. The average molecular weight is 312 g/mol. The highest BCUT2D eigenvalue weighted by Crippen LogP contribution is 2.11. The molecule has 0 aliphatic heterocycles. The maximum absolute atomic E-state index is 11.8. The van der Waals surface area contributed by atoms with E-state index < -0.39 is 9.84 Å². The van der Waals surface area contributed by atoms with E-state index in [9.17, 15) is 13.2 Å². The van der Waals surface area contributed by atoms with Crippen LogP contribution in [0.3, 0.4) is 0 Å². The van der Waals surface area contributed by atoms with Crippen molar-refractivity contribution in [1.29, 1.82) is 0 Å². The van der Waals surface area contributed by atoms with Gasteiger partial charge in [0, 0.05) is 18.7 Å². The second kappa shape index (κ2) is 8.79. The van der Waals surface area contributed by atoms with Crippen molar-refractivity contribution in [3.05, 3.63) is 29.8 Å². The molecule has 0 bridgehead atoms. The van der Waals surface area contributed by atoms with Crippen LogP contribution in [0.1, 0.15) is 38.2 Å². The van der Waals surface area contributed by atoms with E-state index in [-0.39, 0.29) is 23.8 Å². The third-order valence-corrected chi connectivity index (χ3v) is 4.88. The lowest BCUT2D eigenvalue weighted by molar-refractivity contribution is -0.115. The molecule has 5 nitrogen and oxygen atoms in total. The lowest BCUT2D eigenvalue weighted by Gasteiger charge is -2.07. The van der Waals surface area contributed by atoms with E-state index in [1.165, 1.54) is 0 Å². The molecule has 0 aliphatic rings. The van der Waals surface area contributed by atoms with Crippen molar-refractivity contribution < 1.29 is 13.2 Å². The molecule has 0 radical (unpaired) electrons. The van der Waals surface area contributed by atoms with Gasteiger partial charge >= 0.3 is 0 Å². The molecule has 1 aromatic rings. The summed E-state index contributed by atoms with van der Waals surface area (Å²) in [7, 11) is -3.13. The molecule has 0 spiro atoms. The van der Waals surface area contributed by atoms with Gasteiger partial charge in [-0.1, -0.05) is 31.9 Å². The number of rotatable bonds is 9. The van der Waals surface area contributed by atoms with Gasteiger partial charge < -0.3 is 11.1 Å². The van der Waals surface area contributed by atoms with Gasteiger partial charge in [0.1, 0.15) is 0 Å². The molecule has 6 heteroatoms. The lowest BCUT2D eigenvalue weighted by Crippen LogP contribution is -2.19. The maximum Gasteiger partial charge on any atom is 0.225 e. The van der Waals surface area contributed by atoms with Crippen LogP contribution in [0.25, 0.3) is 0 Å². The van der Waals surface area contributed by atoms with Crippen LogP contribution in [-0.2, 0) is 21.2 Å². The molecular weight excluding hydrogens is 288 g/mol. The normalized spacial score (nSPS) is 11.3. The van der Waals surface area contributed by atoms with E-state index in [1.807, 2.05) is 13.0 Å². The summed E-state index contributed by atoms with van der Waals surface area (Å²) < 4.78 is 23.5. The second-order valence-electron chi connectivity index (χ2n) is 5.06. The van der Waals surface area contributed by atoms with Gasteiger partial charge in [-0.05, 0) is 24.1 Å². The van der Waals surface area contributed by atoms with Gasteiger partial charge in [0.05, 0.1) is 11.5 Å². The zero-order valence-corrected chi connectivity index (χ0v) is 13.3. The number of nitrogens with one attached hydrogen (secondary N) is 1. The minimum Gasteiger partial charge on any atom is -0.326 e. The van der Waals surface area contributed by atoms with Gasteiger partial charge in [0.25, 0.3) is 0 Å². The molecule has 1 rings (SSSR count). The molecular formula is C15H24N2O3S. The van der Waals surface area contributed by atoms with Crippen LogP contribution < -0.4 is 11.1 Å². The van der Waals surface area contributed by atoms with Crippen molar-refractivity contribution in [2.45, 2.75) is 39.2 Å². The first-order valence-electron chi connectivity index (χ1n) is 7.26. The Morgan fingerprint density at radius 1 is 1.24 bits per heavy atom. The van der Waals surface area contributed by atoms with Gasteiger partial charge in [0.2, 0.25) is 5.91 Å². The van der Waals surface area contributed by atoms with Gasteiger partial charge in [-0.3, -0.25) is 4.79 Å². The smallest absolute Gasteiger partial charge is 0.225 e. The molecule has 3 N–H and O–H groups in total. The number of benzene rings is 1. The fraction of sp³-hybridized carbons (Fsp3) is 0.533. The number of anilines is 1. The summed E-state index contributed by atoms with van der Waals surface area (Å²) in [5, 5.41) is 2.70. The zero-order valence-electron chi connectivity index (χ0n) is 12.5. The van der Waals surface area contributed by atoms with E-state index in [0.29, 0.717) is 18.7 Å². The van der Waals surface area contributed by atoms with Gasteiger partial charge in [-0.2, -0.15) is 0 Å². The highest BCUT2D eigenvalue weighted by atomic mass is 32.2. The highest BCUT2D eigenvalue weighted by Gasteiger charge is 2.13. The first kappa shape index (κ1) is 17.7. The summed E-state index contributed by atoms with van der Waals surface area (Å²) in [6.07, 6.45) is 2.53. The summed E-state index contributed by atoms with van der Waals surface area (Å²) in [5.74, 6) is -0.223. The van der Waals surface area contributed by atoms with Crippen LogP contribution in [0, 0.1) is 0 Å². The van der Waals surface area contributed by atoms with E-state index in [0.717, 1.165) is 18.4 Å². The van der Waals surface area contributed by atoms with Crippen molar-refractivity contribution in [1.82, 2.24) is 0 Å². The number of hydrogen-bond acceptors (Lipinski definition) is 4. The highest BCUT2D eigenvalue weighted by molar-refractivity contribution is 7.91. The van der Waals surface area contributed by atoms with Gasteiger partial charge in [-0.15, -0.1) is 0 Å². The summed E-state index contributed by atoms with van der Waals surface area (Å²) >= 11 is 0. The third-order valence-electron chi connectivity index (χ3n) is 3.15. The molecule has 118 valence electrons. The first-order chi connectivity index (χ1) is 9.96. The first-order valence-corrected chi connectivity index (χ1v) is 9.08. The van der Waals surface area contributed by atoms with Crippen LogP contribution in [-0.4, -0.2) is 25.8 Å². The van der Waals surface area contributed by atoms with Crippen molar-refractivity contribution in [3.63, 3.8) is 0 Å². The monoisotopic (exact) mass is 312 g/mol. The van der Waals surface area contributed by atoms with Gasteiger partial charge in [-0.25, -0.2) is 8.42 Å². The Kier molecular flexibility index (Phi) is 7.39. The van der Waals surface area contributed by atoms with E-state index >= 15 is 0 Å². The van der Waals surface area contributed by atoms with Crippen molar-refractivity contribution in [3.8, 4) is 0 Å². The second-order valence-corrected chi connectivity index (χ2v) is 7.37. The van der Waals surface area contributed by atoms with Gasteiger partial charge in [0.15, 0.2) is 9.84 Å². The van der Waals surface area contributed by atoms with Crippen LogP contribution >= 0.6 is 0 Å². The van der Waals surface area contributed by atoms with Crippen molar-refractivity contribution in [2.24, 2.45) is 5.73 Å². The minimum atomic E-state index is -3.13. The molecule has 0 heterocycles. The predicted octanol–water partition coefficient (Wildman–Crippen LogP) is 2.08. The summed E-state index contributed by atoms with van der Waals surface area (Å²) in [5.41, 5.74) is 7.09. The topological polar surface area (TPSA) is 89.3 Å². The van der Waals surface area contributed by atoms with Crippen LogP contribution in [0.4, 0.5) is 5.69 Å². The molecule has 0 saturated carbocycles. The van der Waals surface area contributed by atoms with Crippen molar-refractivity contribution >= 4 is 21.4 Å². The Hall–Kier alpha value is -1.40. The largest absolute Gasteiger partial charge is 0.326 e. The summed E-state index contributed by atoms with van der Waals surface area (Å²) in [6, 6.07) is 7.22. The molecule has 0 aliphatic carbocycles. The quantitative estimate of drug-likeness (QED) is 0.683. The average Bonchev–Trinajstić information content (AvgIpc) is 2.46. The molecule has 0 aromatic heterocycles. The van der Waals surface area contributed by atoms with E-state index in [4.69, 9.17) is 5.73 Å². The van der Waals surface area contributed by atoms with Crippen LogP contribution in [0.2, 0.25) is 0 Å². The van der Waals surface area contributed by atoms with Crippen molar-refractivity contribution in [2.75, 3.05) is 16.8 Å². The lowest BCUT2D eigenvalue weighted by atomic mass is 10.2. The molecule has 0 unspecified atom stereocenters. The van der Waals surface area contributed by atoms with Crippen LogP contribution in [0.15, 0.2) is 24.3 Å². The number of hydrogen-bond donors (Lipinski definition) is 2. The fourth-order valence-electron chi connectivity index (χ4n) is 1.92. The van der Waals surface area contributed by atoms with Crippen LogP contribution in [0.5, 0.6) is 0 Å². The zero-order chi connectivity index (χ0) is 15.7. The number of carbonyl (C=O) groups is 1.